The molecular formula is C32H52O8. The van der Waals surface area contributed by atoms with E-state index < -0.39 is 54.2 Å². The van der Waals surface area contributed by atoms with Crippen molar-refractivity contribution in [2.24, 2.45) is 5.92 Å². The van der Waals surface area contributed by atoms with Gasteiger partial charge in [-0.25, -0.2) is 0 Å². The smallest absolute Gasteiger partial charge is 0.307 e. The molecule has 8 nitrogen and oxygen atoms in total. The summed E-state index contributed by atoms with van der Waals surface area (Å²) >= 11 is 0. The predicted molar refractivity (Wildman–Crippen MR) is 153 cm³/mol. The van der Waals surface area contributed by atoms with Gasteiger partial charge < -0.3 is 18.9 Å². The second-order valence-electron chi connectivity index (χ2n) is 10.7. The normalized spacial score (nSPS) is 20.8. The Morgan fingerprint density at radius 2 is 1.02 bits per heavy atom. The van der Waals surface area contributed by atoms with Crippen LogP contribution >= 0.6 is 0 Å². The fourth-order valence-corrected chi connectivity index (χ4v) is 4.87. The van der Waals surface area contributed by atoms with Crippen molar-refractivity contribution >= 4 is 23.9 Å². The van der Waals surface area contributed by atoms with Crippen molar-refractivity contribution in [2.75, 3.05) is 0 Å². The fraction of sp³-hybridized carbons (Fsp3) is 0.812. The van der Waals surface area contributed by atoms with Crippen molar-refractivity contribution < 1.29 is 38.1 Å². The summed E-state index contributed by atoms with van der Waals surface area (Å²) in [4.78, 5) is 50.9. The van der Waals surface area contributed by atoms with Gasteiger partial charge >= 0.3 is 23.9 Å². The first kappa shape index (κ1) is 35.5. The molecule has 8 heteroatoms. The highest BCUT2D eigenvalue weighted by Gasteiger charge is 2.53. The Labute approximate surface area is 241 Å². The number of carbonyl (C=O) groups excluding carboxylic acids is 4. The van der Waals surface area contributed by atoms with Crippen LogP contribution in [0.3, 0.4) is 0 Å². The van der Waals surface area contributed by atoms with Crippen molar-refractivity contribution in [2.45, 2.75) is 161 Å². The van der Waals surface area contributed by atoms with E-state index in [1.807, 2.05) is 27.7 Å². The number of unbranched alkanes of at least 4 members (excludes halogenated alkanes) is 8. The van der Waals surface area contributed by atoms with E-state index in [0.29, 0.717) is 25.7 Å². The molecule has 0 heterocycles. The highest BCUT2D eigenvalue weighted by Crippen LogP contribution is 2.38. The van der Waals surface area contributed by atoms with Crippen LogP contribution in [0.15, 0.2) is 0 Å². The zero-order valence-electron chi connectivity index (χ0n) is 25.3. The number of rotatable bonds is 21. The maximum atomic E-state index is 12.8. The number of terminal acetylenes is 1. The molecule has 0 aromatic heterocycles. The molecule has 1 saturated carbocycles. The number of esters is 4. The molecule has 0 aromatic carbocycles. The summed E-state index contributed by atoms with van der Waals surface area (Å²) in [6, 6.07) is 0. The average molecular weight is 565 g/mol. The third kappa shape index (κ3) is 13.7. The number of hydrogen-bond donors (Lipinski definition) is 0. The van der Waals surface area contributed by atoms with E-state index in [1.54, 1.807) is 0 Å². The minimum Gasteiger partial charge on any atom is -0.458 e. The molecule has 0 amide bonds. The number of carbonyl (C=O) groups is 4. The van der Waals surface area contributed by atoms with Gasteiger partial charge in [0.2, 0.25) is 0 Å². The first-order chi connectivity index (χ1) is 19.3. The fourth-order valence-electron chi connectivity index (χ4n) is 4.87. The van der Waals surface area contributed by atoms with Crippen LogP contribution in [0.25, 0.3) is 0 Å². The molecule has 0 saturated heterocycles. The Morgan fingerprint density at radius 3 is 1.45 bits per heavy atom. The van der Waals surface area contributed by atoms with Crippen molar-refractivity contribution in [1.29, 1.82) is 0 Å². The third-order valence-corrected chi connectivity index (χ3v) is 7.18. The zero-order valence-corrected chi connectivity index (χ0v) is 25.3. The van der Waals surface area contributed by atoms with E-state index in [0.717, 1.165) is 51.4 Å². The number of hydrogen-bond acceptors (Lipinski definition) is 8. The molecule has 1 aliphatic rings. The van der Waals surface area contributed by atoms with E-state index in [4.69, 9.17) is 25.4 Å². The lowest BCUT2D eigenvalue weighted by Crippen LogP contribution is -2.43. The molecule has 1 fully saturated rings. The molecule has 0 spiro atoms. The van der Waals surface area contributed by atoms with Crippen LogP contribution in [0.2, 0.25) is 0 Å². The maximum Gasteiger partial charge on any atom is 0.307 e. The second kappa shape index (κ2) is 21.2. The van der Waals surface area contributed by atoms with Crippen LogP contribution < -0.4 is 0 Å². The van der Waals surface area contributed by atoms with Gasteiger partial charge in [-0.3, -0.25) is 19.2 Å². The van der Waals surface area contributed by atoms with Gasteiger partial charge in [0.15, 0.2) is 12.2 Å². The van der Waals surface area contributed by atoms with E-state index in [2.05, 4.69) is 5.92 Å². The first-order valence-corrected chi connectivity index (χ1v) is 15.5. The molecule has 0 N–H and O–H groups in total. The average Bonchev–Trinajstić information content (AvgIpc) is 3.23. The minimum atomic E-state index is -1.03. The van der Waals surface area contributed by atoms with E-state index in [-0.39, 0.29) is 32.1 Å². The van der Waals surface area contributed by atoms with Crippen LogP contribution in [0.4, 0.5) is 0 Å². The van der Waals surface area contributed by atoms with Crippen LogP contribution in [0, 0.1) is 18.3 Å². The third-order valence-electron chi connectivity index (χ3n) is 7.18. The molecule has 0 aromatic rings. The summed E-state index contributed by atoms with van der Waals surface area (Å²) in [5, 5.41) is 0. The van der Waals surface area contributed by atoms with Gasteiger partial charge in [0.05, 0.1) is 5.92 Å². The van der Waals surface area contributed by atoms with Gasteiger partial charge in [-0.05, 0) is 32.1 Å². The number of ether oxygens (including phenoxy) is 4. The van der Waals surface area contributed by atoms with Gasteiger partial charge in [0.1, 0.15) is 12.2 Å². The highest BCUT2D eigenvalue weighted by molar-refractivity contribution is 5.72. The van der Waals surface area contributed by atoms with Gasteiger partial charge in [0.25, 0.3) is 0 Å². The largest absolute Gasteiger partial charge is 0.458 e. The summed E-state index contributed by atoms with van der Waals surface area (Å²) in [6.07, 6.45) is 13.0. The Balaban J connectivity index is 3.22. The van der Waals surface area contributed by atoms with Gasteiger partial charge in [-0.1, -0.05) is 85.0 Å². The lowest BCUT2D eigenvalue weighted by Gasteiger charge is -2.28. The van der Waals surface area contributed by atoms with E-state index in [9.17, 15) is 19.2 Å². The van der Waals surface area contributed by atoms with Crippen molar-refractivity contribution in [3.63, 3.8) is 0 Å². The first-order valence-electron chi connectivity index (χ1n) is 15.5. The topological polar surface area (TPSA) is 105 Å². The minimum absolute atomic E-state index is 0.149. The lowest BCUT2D eigenvalue weighted by atomic mass is 9.98. The summed E-state index contributed by atoms with van der Waals surface area (Å²) in [5.74, 6) is 0.111. The zero-order chi connectivity index (χ0) is 29.8. The van der Waals surface area contributed by atoms with Crippen LogP contribution in [-0.4, -0.2) is 48.3 Å². The molecule has 228 valence electrons. The molecule has 5 atom stereocenters. The summed E-state index contributed by atoms with van der Waals surface area (Å²) in [5.41, 5.74) is 0. The summed E-state index contributed by atoms with van der Waals surface area (Å²) in [7, 11) is 0. The van der Waals surface area contributed by atoms with Crippen molar-refractivity contribution in [3.8, 4) is 12.3 Å². The molecule has 0 aliphatic heterocycles. The van der Waals surface area contributed by atoms with E-state index >= 15 is 0 Å². The second-order valence-corrected chi connectivity index (χ2v) is 10.7. The lowest BCUT2D eigenvalue weighted by molar-refractivity contribution is -0.180. The molecule has 2 unspecified atom stereocenters. The quantitative estimate of drug-likeness (QED) is 0.0664. The molecule has 40 heavy (non-hydrogen) atoms. The highest BCUT2D eigenvalue weighted by atomic mass is 16.6. The Bertz CT molecular complexity index is 801. The van der Waals surface area contributed by atoms with E-state index in [1.165, 1.54) is 0 Å². The summed E-state index contributed by atoms with van der Waals surface area (Å²) < 4.78 is 23.2. The monoisotopic (exact) mass is 564 g/mol. The standard InChI is InChI=1S/C32H52O8/c1-6-11-15-19-27(33)37-25(10-5)24-23-26(38-28(34)20-16-12-7-2)32(40-30(36)22-18-14-9-4)31(24)39-29(35)21-17-13-8-3/h5,24-26,31-32H,6-9,11-23H2,1-4H3/t24-,25?,26?,31-,32-/m1/s1. The molecule has 1 rings (SSSR count). The Morgan fingerprint density at radius 1 is 0.625 bits per heavy atom. The summed E-state index contributed by atoms with van der Waals surface area (Å²) in [6.45, 7) is 8.17. The van der Waals surface area contributed by atoms with Crippen LogP contribution in [0.5, 0.6) is 0 Å². The van der Waals surface area contributed by atoms with Gasteiger partial charge in [-0.2, -0.15) is 0 Å². The maximum absolute atomic E-state index is 12.8. The van der Waals surface area contributed by atoms with Crippen LogP contribution in [0.1, 0.15) is 137 Å². The molecule has 0 bridgehead atoms. The van der Waals surface area contributed by atoms with Crippen molar-refractivity contribution in [1.82, 2.24) is 0 Å². The Kier molecular flexibility index (Phi) is 18.8. The molecular weight excluding hydrogens is 512 g/mol. The van der Waals surface area contributed by atoms with Crippen molar-refractivity contribution in [3.05, 3.63) is 0 Å². The predicted octanol–water partition coefficient (Wildman–Crippen LogP) is 6.61. The Hall–Kier alpha value is -2.56. The van der Waals surface area contributed by atoms with Gasteiger partial charge in [0, 0.05) is 25.7 Å². The SMILES string of the molecule is C#CC(OC(=O)CCCCC)[C@H]1CC(OC(=O)CCCCC)[C@@H](OC(=O)CCCCC)[C@@H]1OC(=O)CCCCC. The van der Waals surface area contributed by atoms with Gasteiger partial charge in [-0.15, -0.1) is 6.42 Å². The molecule has 1 aliphatic carbocycles. The van der Waals surface area contributed by atoms with Crippen LogP contribution in [-0.2, 0) is 38.1 Å². The molecule has 0 radical (unpaired) electrons.